The van der Waals surface area contributed by atoms with Gasteiger partial charge in [-0.15, -0.1) is 10.2 Å². The van der Waals surface area contributed by atoms with Crippen LogP contribution in [0.3, 0.4) is 0 Å². The van der Waals surface area contributed by atoms with Crippen LogP contribution in [0.2, 0.25) is 0 Å². The van der Waals surface area contributed by atoms with Gasteiger partial charge in [-0.2, -0.15) is 0 Å². The smallest absolute Gasteiger partial charge is 0.259 e. The first-order valence-electron chi connectivity index (χ1n) is 8.96. The summed E-state index contributed by atoms with van der Waals surface area (Å²) in [6.45, 7) is 8.51. The van der Waals surface area contributed by atoms with Gasteiger partial charge in [-0.05, 0) is 49.6 Å². The summed E-state index contributed by atoms with van der Waals surface area (Å²) in [6.07, 6.45) is 1.74. The third-order valence-corrected chi connectivity index (χ3v) is 4.22. The highest BCUT2D eigenvalue weighted by Gasteiger charge is 2.16. The molecule has 0 atom stereocenters. The summed E-state index contributed by atoms with van der Waals surface area (Å²) in [7, 11) is 1.60. The number of furan rings is 1. The maximum atomic E-state index is 6.39. The van der Waals surface area contributed by atoms with E-state index in [2.05, 4.69) is 24.0 Å². The van der Waals surface area contributed by atoms with Crippen molar-refractivity contribution in [2.24, 2.45) is 5.92 Å². The van der Waals surface area contributed by atoms with Gasteiger partial charge in [-0.1, -0.05) is 31.5 Å². The van der Waals surface area contributed by atoms with Crippen LogP contribution in [0.25, 0.3) is 22.6 Å². The van der Waals surface area contributed by atoms with Gasteiger partial charge >= 0.3 is 0 Å². The predicted molar refractivity (Wildman–Crippen MR) is 109 cm³/mol. The summed E-state index contributed by atoms with van der Waals surface area (Å²) >= 11 is 6.39. The lowest BCUT2D eigenvalue weighted by atomic mass is 10.2. The molecule has 6 nitrogen and oxygen atoms in total. The van der Waals surface area contributed by atoms with E-state index < -0.39 is 0 Å². The zero-order chi connectivity index (χ0) is 20.3. The molecule has 0 bridgehead atoms. The zero-order valence-electron chi connectivity index (χ0n) is 16.6. The third kappa shape index (κ3) is 4.57. The van der Waals surface area contributed by atoms with E-state index in [1.807, 2.05) is 38.1 Å². The fourth-order valence-corrected chi connectivity index (χ4v) is 2.83. The molecule has 0 spiro atoms. The first-order chi connectivity index (χ1) is 13.4. The number of aromatic nitrogens is 2. The van der Waals surface area contributed by atoms with E-state index in [-0.39, 0.29) is 5.89 Å². The Bertz CT molecular complexity index is 988. The molecule has 148 valence electrons. The second-order valence-electron chi connectivity index (χ2n) is 6.85. The second kappa shape index (κ2) is 8.52. The van der Waals surface area contributed by atoms with Gasteiger partial charge in [0.1, 0.15) is 16.6 Å². The molecule has 0 N–H and O–H groups in total. The summed E-state index contributed by atoms with van der Waals surface area (Å²) in [6, 6.07) is 7.44. The van der Waals surface area contributed by atoms with Crippen LogP contribution < -0.4 is 9.47 Å². The molecule has 0 saturated heterocycles. The molecule has 0 aliphatic rings. The Morgan fingerprint density at radius 1 is 1.14 bits per heavy atom. The number of aryl methyl sites for hydroxylation is 2. The molecule has 0 unspecified atom stereocenters. The van der Waals surface area contributed by atoms with Gasteiger partial charge in [0.15, 0.2) is 11.5 Å². The van der Waals surface area contributed by atoms with Crippen molar-refractivity contribution in [3.63, 3.8) is 0 Å². The van der Waals surface area contributed by atoms with Crippen LogP contribution in [-0.4, -0.2) is 23.9 Å². The molecule has 3 rings (SSSR count). The SMILES string of the molecule is COc1cc(/C=C(\Cl)c2nnc(-c3cc(C)oc3C)o2)ccc1OCC(C)C. The summed E-state index contributed by atoms with van der Waals surface area (Å²) < 4.78 is 22.4. The Hall–Kier alpha value is -2.73. The first kappa shape index (κ1) is 20.0. The van der Waals surface area contributed by atoms with Gasteiger partial charge in [0.25, 0.3) is 11.8 Å². The van der Waals surface area contributed by atoms with Crippen molar-refractivity contribution in [3.8, 4) is 23.0 Å². The Labute approximate surface area is 169 Å². The highest BCUT2D eigenvalue weighted by molar-refractivity contribution is 6.50. The molecule has 1 aromatic carbocycles. The minimum atomic E-state index is 0.231. The summed E-state index contributed by atoms with van der Waals surface area (Å²) in [5.41, 5.74) is 1.59. The van der Waals surface area contributed by atoms with E-state index in [0.717, 1.165) is 22.6 Å². The minimum absolute atomic E-state index is 0.231. The molecule has 0 amide bonds. The number of ether oxygens (including phenoxy) is 2. The average molecular weight is 403 g/mol. The normalized spacial score (nSPS) is 11.9. The largest absolute Gasteiger partial charge is 0.493 e. The van der Waals surface area contributed by atoms with Crippen molar-refractivity contribution in [1.82, 2.24) is 10.2 Å². The number of methoxy groups -OCH3 is 1. The van der Waals surface area contributed by atoms with E-state index in [0.29, 0.717) is 34.9 Å². The second-order valence-corrected chi connectivity index (χ2v) is 7.25. The molecule has 2 heterocycles. The molecule has 0 fully saturated rings. The first-order valence-corrected chi connectivity index (χ1v) is 9.34. The molecular formula is C21H23ClN2O4. The van der Waals surface area contributed by atoms with Gasteiger partial charge in [0.05, 0.1) is 19.3 Å². The molecule has 3 aromatic rings. The number of rotatable bonds is 7. The van der Waals surface area contributed by atoms with E-state index >= 15 is 0 Å². The van der Waals surface area contributed by atoms with Crippen molar-refractivity contribution in [1.29, 1.82) is 0 Å². The van der Waals surface area contributed by atoms with Crippen LogP contribution in [0, 0.1) is 19.8 Å². The van der Waals surface area contributed by atoms with Gasteiger partial charge in [0, 0.05) is 0 Å². The number of hydrogen-bond donors (Lipinski definition) is 0. The van der Waals surface area contributed by atoms with E-state index in [1.165, 1.54) is 0 Å². The van der Waals surface area contributed by atoms with Crippen LogP contribution in [0.5, 0.6) is 11.5 Å². The maximum absolute atomic E-state index is 6.39. The standard InChI is InChI=1S/C21H23ClN2O4/c1-12(2)11-26-18-7-6-15(10-19(18)25-5)9-17(22)21-24-23-20(28-21)16-8-13(3)27-14(16)4/h6-10,12H,11H2,1-5H3/b17-9-. The highest BCUT2D eigenvalue weighted by atomic mass is 35.5. The monoisotopic (exact) mass is 402 g/mol. The topological polar surface area (TPSA) is 70.5 Å². The van der Waals surface area contributed by atoms with Crippen LogP contribution in [0.4, 0.5) is 0 Å². The van der Waals surface area contributed by atoms with Crippen LogP contribution in [0.1, 0.15) is 36.8 Å². The molecule has 7 heteroatoms. The van der Waals surface area contributed by atoms with Gasteiger partial charge in [-0.25, -0.2) is 0 Å². The minimum Gasteiger partial charge on any atom is -0.493 e. The van der Waals surface area contributed by atoms with E-state index in [4.69, 9.17) is 29.9 Å². The predicted octanol–water partition coefficient (Wildman–Crippen LogP) is 5.73. The quantitative estimate of drug-likeness (QED) is 0.502. The molecule has 2 aromatic heterocycles. The van der Waals surface area contributed by atoms with Crippen molar-refractivity contribution < 1.29 is 18.3 Å². The highest BCUT2D eigenvalue weighted by Crippen LogP contribution is 2.32. The number of nitrogens with zero attached hydrogens (tertiary/aromatic N) is 2. The van der Waals surface area contributed by atoms with Crippen molar-refractivity contribution >= 4 is 22.7 Å². The van der Waals surface area contributed by atoms with Gasteiger partial charge in [0.2, 0.25) is 0 Å². The Kier molecular flexibility index (Phi) is 6.09. The Morgan fingerprint density at radius 3 is 2.57 bits per heavy atom. The number of benzene rings is 1. The fraction of sp³-hybridized carbons (Fsp3) is 0.333. The molecule has 0 aliphatic carbocycles. The summed E-state index contributed by atoms with van der Waals surface area (Å²) in [5.74, 6) is 3.84. The molecule has 0 radical (unpaired) electrons. The lowest BCUT2D eigenvalue weighted by molar-refractivity contribution is 0.257. The molecular weight excluding hydrogens is 380 g/mol. The fourth-order valence-electron chi connectivity index (χ4n) is 2.63. The summed E-state index contributed by atoms with van der Waals surface area (Å²) in [4.78, 5) is 0. The number of hydrogen-bond acceptors (Lipinski definition) is 6. The average Bonchev–Trinajstić information content (AvgIpc) is 3.26. The third-order valence-electron chi connectivity index (χ3n) is 3.95. The van der Waals surface area contributed by atoms with E-state index in [9.17, 15) is 0 Å². The molecule has 0 saturated carbocycles. The molecule has 28 heavy (non-hydrogen) atoms. The van der Waals surface area contributed by atoms with E-state index in [1.54, 1.807) is 13.2 Å². The van der Waals surface area contributed by atoms with Crippen LogP contribution in [0.15, 0.2) is 33.1 Å². The van der Waals surface area contributed by atoms with Crippen LogP contribution in [-0.2, 0) is 0 Å². The number of halogens is 1. The van der Waals surface area contributed by atoms with Crippen LogP contribution >= 0.6 is 11.6 Å². The van der Waals surface area contributed by atoms with Crippen molar-refractivity contribution in [3.05, 3.63) is 47.2 Å². The van der Waals surface area contributed by atoms with Crippen molar-refractivity contribution in [2.75, 3.05) is 13.7 Å². The molecule has 0 aliphatic heterocycles. The van der Waals surface area contributed by atoms with Gasteiger partial charge < -0.3 is 18.3 Å². The maximum Gasteiger partial charge on any atom is 0.259 e. The Morgan fingerprint density at radius 2 is 1.93 bits per heavy atom. The van der Waals surface area contributed by atoms with Gasteiger partial charge in [-0.3, -0.25) is 0 Å². The lowest BCUT2D eigenvalue weighted by Crippen LogP contribution is -2.05. The summed E-state index contributed by atoms with van der Waals surface area (Å²) in [5, 5.41) is 8.43. The lowest BCUT2D eigenvalue weighted by Gasteiger charge is -2.12. The Balaban J connectivity index is 1.82. The zero-order valence-corrected chi connectivity index (χ0v) is 17.3. The van der Waals surface area contributed by atoms with Crippen molar-refractivity contribution in [2.45, 2.75) is 27.7 Å².